The van der Waals surface area contributed by atoms with Crippen molar-refractivity contribution in [2.24, 2.45) is 0 Å². The fourth-order valence-corrected chi connectivity index (χ4v) is 4.56. The van der Waals surface area contributed by atoms with Gasteiger partial charge in [0.05, 0.1) is 19.8 Å². The average molecular weight is 504 g/mol. The Balaban J connectivity index is 2.09. The monoisotopic (exact) mass is 504 g/mol. The summed E-state index contributed by atoms with van der Waals surface area (Å²) < 4.78 is 21.5. The topological polar surface area (TPSA) is 280 Å². The van der Waals surface area contributed by atoms with Gasteiger partial charge in [-0.05, 0) is 0 Å². The van der Waals surface area contributed by atoms with E-state index in [9.17, 15) is 61.3 Å². The predicted octanol–water partition coefficient (Wildman–Crippen LogP) is -8.18. The molecule has 3 rings (SSSR count). The molecule has 0 bridgehead atoms. The van der Waals surface area contributed by atoms with E-state index in [2.05, 4.69) is 0 Å². The van der Waals surface area contributed by atoms with Crippen molar-refractivity contribution >= 4 is 0 Å². The quantitative estimate of drug-likeness (QED) is 0.160. The lowest BCUT2D eigenvalue weighted by Crippen LogP contribution is -2.79. The minimum atomic E-state index is -2.70. The molecule has 0 aromatic heterocycles. The lowest BCUT2D eigenvalue weighted by atomic mass is 9.74. The highest BCUT2D eigenvalue weighted by molar-refractivity contribution is 5.13. The first kappa shape index (κ1) is 27.9. The lowest BCUT2D eigenvalue weighted by molar-refractivity contribution is -0.418. The van der Waals surface area contributed by atoms with Crippen LogP contribution in [0.5, 0.6) is 0 Å². The van der Waals surface area contributed by atoms with E-state index in [1.807, 2.05) is 0 Å². The Bertz CT molecular complexity index is 662. The van der Waals surface area contributed by atoms with Crippen molar-refractivity contribution in [2.75, 3.05) is 19.8 Å². The van der Waals surface area contributed by atoms with E-state index in [0.29, 0.717) is 0 Å². The van der Waals surface area contributed by atoms with Crippen LogP contribution in [-0.2, 0) is 18.9 Å². The molecule has 0 aliphatic carbocycles. The van der Waals surface area contributed by atoms with Gasteiger partial charge in [-0.3, -0.25) is 0 Å². The summed E-state index contributed by atoms with van der Waals surface area (Å²) in [5.41, 5.74) is -2.70. The molecule has 0 amide bonds. The summed E-state index contributed by atoms with van der Waals surface area (Å²) in [7, 11) is 0. The van der Waals surface area contributed by atoms with Crippen LogP contribution < -0.4 is 0 Å². The van der Waals surface area contributed by atoms with Crippen molar-refractivity contribution in [1.29, 1.82) is 0 Å². The summed E-state index contributed by atoms with van der Waals surface area (Å²) in [5.74, 6) is 0. The molecule has 3 heterocycles. The number of ether oxygens (including phenoxy) is 4. The summed E-state index contributed by atoms with van der Waals surface area (Å²) >= 11 is 0. The van der Waals surface area contributed by atoms with Gasteiger partial charge >= 0.3 is 0 Å². The molecule has 0 spiro atoms. The molecule has 0 saturated carbocycles. The summed E-state index contributed by atoms with van der Waals surface area (Å²) in [6.45, 7) is -2.83. The van der Waals surface area contributed by atoms with Gasteiger partial charge in [-0.2, -0.15) is 0 Å². The maximum Gasteiger partial charge on any atom is 0.187 e. The molecule has 15 atom stereocenters. The average Bonchev–Trinajstić information content (AvgIpc) is 2.83. The standard InChI is InChI=1S/C18H32O16/c19-1-4-7(22)9(24)11(26)15(31-4)18(6(3-21)33-16(30)13(28)14(18)29)34-17-12(27)10(25)8(23)5(2-20)32-17/h4-17,19-30H,1-3H2/t4-,5-,6-,7-,8-,9+,10?,11-,12-,13-,14-,15-,16+,17+,18-/m1/s1. The molecule has 1 unspecified atom stereocenters. The van der Waals surface area contributed by atoms with E-state index in [1.54, 1.807) is 0 Å². The Morgan fingerprint density at radius 1 is 0.559 bits per heavy atom. The first-order chi connectivity index (χ1) is 16.0. The highest BCUT2D eigenvalue weighted by Gasteiger charge is 2.67. The van der Waals surface area contributed by atoms with Gasteiger partial charge in [0.15, 0.2) is 18.2 Å². The van der Waals surface area contributed by atoms with Crippen molar-refractivity contribution in [3.8, 4) is 0 Å². The van der Waals surface area contributed by atoms with Crippen LogP contribution in [0.3, 0.4) is 0 Å². The van der Waals surface area contributed by atoms with Gasteiger partial charge in [-0.1, -0.05) is 0 Å². The van der Waals surface area contributed by atoms with E-state index in [-0.39, 0.29) is 0 Å². The molecule has 200 valence electrons. The van der Waals surface area contributed by atoms with Crippen molar-refractivity contribution in [2.45, 2.75) is 91.4 Å². The van der Waals surface area contributed by atoms with Gasteiger partial charge in [-0.25, -0.2) is 0 Å². The van der Waals surface area contributed by atoms with E-state index in [4.69, 9.17) is 18.9 Å². The van der Waals surface area contributed by atoms with Crippen LogP contribution >= 0.6 is 0 Å². The van der Waals surface area contributed by atoms with Crippen LogP contribution in [0.1, 0.15) is 0 Å². The van der Waals surface area contributed by atoms with E-state index < -0.39 is 111 Å². The van der Waals surface area contributed by atoms with Crippen LogP contribution in [0.15, 0.2) is 0 Å². The molecular weight excluding hydrogens is 472 g/mol. The molecule has 3 aliphatic heterocycles. The van der Waals surface area contributed by atoms with Crippen LogP contribution in [0.25, 0.3) is 0 Å². The molecule has 3 saturated heterocycles. The van der Waals surface area contributed by atoms with Crippen molar-refractivity contribution in [3.63, 3.8) is 0 Å². The van der Waals surface area contributed by atoms with Crippen molar-refractivity contribution in [3.05, 3.63) is 0 Å². The Kier molecular flexibility index (Phi) is 8.85. The zero-order valence-corrected chi connectivity index (χ0v) is 17.7. The van der Waals surface area contributed by atoms with Gasteiger partial charge in [0.2, 0.25) is 0 Å². The number of rotatable bonds is 6. The molecule has 12 N–H and O–H groups in total. The maximum absolute atomic E-state index is 11.0. The zero-order valence-electron chi connectivity index (χ0n) is 17.7. The Hall–Kier alpha value is -0.640. The zero-order chi connectivity index (χ0) is 25.5. The van der Waals surface area contributed by atoms with Crippen LogP contribution in [0.2, 0.25) is 0 Å². The second kappa shape index (κ2) is 10.8. The second-order valence-corrected chi connectivity index (χ2v) is 8.55. The molecular formula is C18H32O16. The van der Waals surface area contributed by atoms with Crippen LogP contribution in [-0.4, -0.2) is 173 Å². The molecule has 3 fully saturated rings. The summed E-state index contributed by atoms with van der Waals surface area (Å²) in [6, 6.07) is 0. The number of aliphatic hydroxyl groups excluding tert-OH is 12. The van der Waals surface area contributed by atoms with Gasteiger partial charge in [0, 0.05) is 0 Å². The molecule has 34 heavy (non-hydrogen) atoms. The van der Waals surface area contributed by atoms with E-state index in [0.717, 1.165) is 0 Å². The van der Waals surface area contributed by atoms with Gasteiger partial charge in [0.1, 0.15) is 73.2 Å². The minimum Gasteiger partial charge on any atom is -0.394 e. The lowest BCUT2D eigenvalue weighted by Gasteiger charge is -2.57. The van der Waals surface area contributed by atoms with Crippen molar-refractivity contribution < 1.29 is 80.2 Å². The predicted molar refractivity (Wildman–Crippen MR) is 101 cm³/mol. The van der Waals surface area contributed by atoms with Crippen LogP contribution in [0, 0.1) is 0 Å². The maximum atomic E-state index is 11.0. The third-order valence-electron chi connectivity index (χ3n) is 6.56. The SMILES string of the molecule is OC[C@H]1O[C@@H]([C@]2(O[C@@H]3O[C@H](CO)[C@@H](O)C(O)[C@H]3O)[C@H](O)[C@@H](O)[C@@H](O)O[C@@H]2CO)[C@H](O)[C@@H](O)[C@@H]1O. The molecule has 0 aromatic rings. The van der Waals surface area contributed by atoms with Gasteiger partial charge < -0.3 is 80.2 Å². The molecule has 16 nitrogen and oxygen atoms in total. The number of hydrogen-bond acceptors (Lipinski definition) is 16. The third kappa shape index (κ3) is 4.48. The molecule has 0 aromatic carbocycles. The van der Waals surface area contributed by atoms with Gasteiger partial charge in [0.25, 0.3) is 0 Å². The van der Waals surface area contributed by atoms with Crippen molar-refractivity contribution in [1.82, 2.24) is 0 Å². The first-order valence-electron chi connectivity index (χ1n) is 10.6. The largest absolute Gasteiger partial charge is 0.394 e. The first-order valence-corrected chi connectivity index (χ1v) is 10.6. The summed E-state index contributed by atoms with van der Waals surface area (Å²) in [4.78, 5) is 0. The fourth-order valence-electron chi connectivity index (χ4n) is 4.56. The minimum absolute atomic E-state index is 0.859. The molecule has 3 aliphatic rings. The Labute approximate surface area is 192 Å². The van der Waals surface area contributed by atoms with Gasteiger partial charge in [-0.15, -0.1) is 0 Å². The molecule has 16 heteroatoms. The number of aliphatic hydroxyl groups is 12. The smallest absolute Gasteiger partial charge is 0.187 e. The van der Waals surface area contributed by atoms with E-state index in [1.165, 1.54) is 0 Å². The van der Waals surface area contributed by atoms with E-state index >= 15 is 0 Å². The molecule has 0 radical (unpaired) electrons. The third-order valence-corrected chi connectivity index (χ3v) is 6.56. The summed E-state index contributed by atoms with van der Waals surface area (Å²) in [6.07, 6.45) is -27.3. The normalized spacial score (nSPS) is 54.7. The summed E-state index contributed by atoms with van der Waals surface area (Å²) in [5, 5.41) is 122. The highest BCUT2D eigenvalue weighted by atomic mass is 16.7. The number of hydrogen-bond donors (Lipinski definition) is 12. The fraction of sp³-hybridized carbons (Fsp3) is 1.00. The second-order valence-electron chi connectivity index (χ2n) is 8.55. The Morgan fingerprint density at radius 3 is 1.62 bits per heavy atom. The Morgan fingerprint density at radius 2 is 1.09 bits per heavy atom. The highest BCUT2D eigenvalue weighted by Crippen LogP contribution is 2.43. The van der Waals surface area contributed by atoms with Crippen LogP contribution in [0.4, 0.5) is 0 Å².